The maximum atomic E-state index is 3.87. The van der Waals surface area contributed by atoms with Crippen LogP contribution in [0.3, 0.4) is 0 Å². The monoisotopic (exact) mass is 198 g/mol. The summed E-state index contributed by atoms with van der Waals surface area (Å²) >= 11 is 19.3. The molecule has 6 heteroatoms. The summed E-state index contributed by atoms with van der Waals surface area (Å²) in [7, 11) is 0. The van der Waals surface area contributed by atoms with Gasteiger partial charge in [-0.15, -0.1) is 62.6 Å². The van der Waals surface area contributed by atoms with Gasteiger partial charge in [0.2, 0.25) is 0 Å². The van der Waals surface area contributed by atoms with Crippen LogP contribution in [0.2, 0.25) is 0 Å². The van der Waals surface area contributed by atoms with Gasteiger partial charge in [-0.2, -0.15) is 0 Å². The van der Waals surface area contributed by atoms with Crippen LogP contribution in [0.4, 0.5) is 0 Å². The lowest BCUT2D eigenvalue weighted by atomic mass is 29.8. The van der Waals surface area contributed by atoms with Gasteiger partial charge in [0.25, 0.3) is 0 Å². The Hall–Kier alpha value is 2.10. The largest absolute Gasteiger partial charge is 0.115 e. The van der Waals surface area contributed by atoms with Crippen molar-refractivity contribution in [3.05, 3.63) is 0 Å². The van der Waals surface area contributed by atoms with Crippen LogP contribution in [0, 0.1) is 0 Å². The average molecular weight is 198 g/mol. The fraction of sp³-hybridized carbons (Fsp3) is 0. The van der Waals surface area contributed by atoms with Crippen LogP contribution in [0.25, 0.3) is 0 Å². The first-order valence-electron chi connectivity index (χ1n) is 1.000. The Labute approximate surface area is 62.2 Å². The predicted octanol–water partition coefficient (Wildman–Crippen LogP) is 2.28. The van der Waals surface area contributed by atoms with E-state index in [2.05, 4.69) is 58.3 Å². The van der Waals surface area contributed by atoms with Crippen LogP contribution < -0.4 is 0 Å². The van der Waals surface area contributed by atoms with Crippen molar-refractivity contribution in [1.29, 1.82) is 0 Å². The Morgan fingerprint density at radius 3 is 0.667 bits per heavy atom. The van der Waals surface area contributed by atoms with Gasteiger partial charge in [-0.1, -0.05) is 0 Å². The zero-order chi connectivity index (χ0) is 5.45. The van der Waals surface area contributed by atoms with E-state index in [0.717, 1.165) is 0 Å². The van der Waals surface area contributed by atoms with E-state index in [1.165, 1.54) is 0 Å². The molecule has 0 amide bonds. The maximum Gasteiger partial charge on any atom is -0.115 e. The highest BCUT2D eigenvalue weighted by Gasteiger charge is 2.12. The molecular formula is H6S6. The molecule has 0 atom stereocenters. The number of rotatable bonds is 0. The predicted molar refractivity (Wildman–Crippen MR) is 53.9 cm³/mol. The standard InChI is InChI=1S/H6S6/c1-6(2,3,4)5/h1-6H. The second-order valence-corrected chi connectivity index (χ2v) is 24.1. The number of thiol groups is 6. The van der Waals surface area contributed by atoms with Crippen LogP contribution in [0.5, 0.6) is 0 Å². The fourth-order valence-corrected chi connectivity index (χ4v) is 0. The molecule has 0 aliphatic heterocycles. The molecule has 0 saturated heterocycles. The molecule has 0 unspecified atom stereocenters. The third-order valence-corrected chi connectivity index (χ3v) is 0. The summed E-state index contributed by atoms with van der Waals surface area (Å²) in [6, 6.07) is 0. The van der Waals surface area contributed by atoms with Gasteiger partial charge in [0.15, 0.2) is 0 Å². The molecule has 0 aliphatic carbocycles. The molecule has 0 aromatic carbocycles. The van der Waals surface area contributed by atoms with E-state index in [1.54, 1.807) is 0 Å². The molecule has 0 rings (SSSR count). The van der Waals surface area contributed by atoms with Crippen molar-refractivity contribution < 1.29 is 0 Å². The third kappa shape index (κ3) is 36.0. The van der Waals surface area contributed by atoms with Crippen molar-refractivity contribution in [2.24, 2.45) is 0 Å². The average Bonchev–Trinajstić information content (AvgIpc) is 0.650. The minimum atomic E-state index is -2.58. The summed E-state index contributed by atoms with van der Waals surface area (Å²) in [5, 5.41) is 0. The summed E-state index contributed by atoms with van der Waals surface area (Å²) in [6.07, 6.45) is 0. The molecule has 6 heavy (non-hydrogen) atoms. The molecule has 0 bridgehead atoms. The third-order valence-electron chi connectivity index (χ3n) is 0. The van der Waals surface area contributed by atoms with Gasteiger partial charge < -0.3 is 0 Å². The molecule has 0 radical (unpaired) electrons. The van der Waals surface area contributed by atoms with Crippen molar-refractivity contribution >= 4 is 62.6 Å². The first-order valence-corrected chi connectivity index (χ1v) is 9.00. The van der Waals surface area contributed by atoms with Crippen molar-refractivity contribution in [2.75, 3.05) is 0 Å². The summed E-state index contributed by atoms with van der Waals surface area (Å²) in [5.74, 6) is 0. The quantitative estimate of drug-likeness (QED) is 0.250. The van der Waals surface area contributed by atoms with E-state index in [0.29, 0.717) is 0 Å². The van der Waals surface area contributed by atoms with E-state index < -0.39 is 4.32 Å². The van der Waals surface area contributed by atoms with Crippen molar-refractivity contribution in [3.63, 3.8) is 0 Å². The van der Waals surface area contributed by atoms with Crippen LogP contribution >= 0.6 is 62.6 Å². The van der Waals surface area contributed by atoms with Gasteiger partial charge in [0.1, 0.15) is 0 Å². The zero-order valence-electron chi connectivity index (χ0n) is 2.68. The van der Waals surface area contributed by atoms with Gasteiger partial charge in [-0.3, -0.25) is 0 Å². The van der Waals surface area contributed by atoms with Crippen molar-refractivity contribution in [3.8, 4) is 0 Å². The molecule has 0 aromatic rings. The molecule has 42 valence electrons. The lowest BCUT2D eigenvalue weighted by Gasteiger charge is -2.35. The minimum absolute atomic E-state index is 2.58. The molecule has 0 aliphatic rings. The minimum Gasteiger partial charge on any atom is -0.115 e. The topological polar surface area (TPSA) is 0 Å². The SMILES string of the molecule is S[SH](S)(S)(S)S. The Morgan fingerprint density at radius 1 is 0.667 bits per heavy atom. The Bertz CT molecular complexity index is 33.2. The smallest absolute Gasteiger partial charge is 0.115 e. The van der Waals surface area contributed by atoms with Crippen LogP contribution in [0.1, 0.15) is 0 Å². The zero-order valence-corrected chi connectivity index (χ0v) is 8.05. The highest BCUT2D eigenvalue weighted by Crippen LogP contribution is 2.89. The normalized spacial score (nSPS) is 19.2. The molecule has 0 N–H and O–H groups in total. The molecule has 0 nitrogen and oxygen atoms in total. The fourth-order valence-electron chi connectivity index (χ4n) is 0. The maximum absolute atomic E-state index is 3.87. The lowest BCUT2D eigenvalue weighted by Crippen LogP contribution is -1.59. The molecular weight excluding hydrogens is 192 g/mol. The first-order chi connectivity index (χ1) is 2.24. The Morgan fingerprint density at radius 2 is 0.667 bits per heavy atom. The van der Waals surface area contributed by atoms with Crippen LogP contribution in [0.15, 0.2) is 0 Å². The second kappa shape index (κ2) is 1.80. The summed E-state index contributed by atoms with van der Waals surface area (Å²) in [5.41, 5.74) is 0. The molecule has 0 saturated carbocycles. The second-order valence-electron chi connectivity index (χ2n) is 0.894. The van der Waals surface area contributed by atoms with Gasteiger partial charge in [0.05, 0.1) is 0 Å². The molecule has 0 fully saturated rings. The summed E-state index contributed by atoms with van der Waals surface area (Å²) < 4.78 is -2.58. The van der Waals surface area contributed by atoms with Gasteiger partial charge in [0, 0.05) is 0 Å². The van der Waals surface area contributed by atoms with Gasteiger partial charge >= 0.3 is 0 Å². The molecule has 0 heterocycles. The lowest BCUT2D eigenvalue weighted by molar-refractivity contribution is 5.36. The van der Waals surface area contributed by atoms with E-state index in [4.69, 9.17) is 0 Å². The highest BCUT2D eigenvalue weighted by molar-refractivity contribution is 9.83. The van der Waals surface area contributed by atoms with Crippen LogP contribution in [-0.2, 0) is 0 Å². The highest BCUT2D eigenvalue weighted by atomic mass is 34.3. The summed E-state index contributed by atoms with van der Waals surface area (Å²) in [4.78, 5) is 0. The van der Waals surface area contributed by atoms with Crippen molar-refractivity contribution in [1.82, 2.24) is 0 Å². The van der Waals surface area contributed by atoms with Crippen molar-refractivity contribution in [2.45, 2.75) is 0 Å². The van der Waals surface area contributed by atoms with Gasteiger partial charge in [-0.05, 0) is 0 Å². The number of hydrogen-bond acceptors (Lipinski definition) is 5. The van der Waals surface area contributed by atoms with E-state index in [1.807, 2.05) is 0 Å². The van der Waals surface area contributed by atoms with Gasteiger partial charge in [-0.25, -0.2) is 0 Å². The van der Waals surface area contributed by atoms with E-state index in [-0.39, 0.29) is 0 Å². The molecule has 0 spiro atoms. The first kappa shape index (κ1) is 8.10. The molecule has 0 aromatic heterocycles. The summed E-state index contributed by atoms with van der Waals surface area (Å²) in [6.45, 7) is 0. The van der Waals surface area contributed by atoms with E-state index in [9.17, 15) is 0 Å². The number of hydrogen-bond donors (Lipinski definition) is 6. The Balaban J connectivity index is 3.73. The Kier molecular flexibility index (Phi) is 2.44. The van der Waals surface area contributed by atoms with E-state index >= 15 is 0 Å². The van der Waals surface area contributed by atoms with Crippen LogP contribution in [-0.4, -0.2) is 0 Å².